The van der Waals surface area contributed by atoms with E-state index in [4.69, 9.17) is 9.84 Å². The number of amides is 2. The quantitative estimate of drug-likeness (QED) is 0.460. The van der Waals surface area contributed by atoms with Crippen molar-refractivity contribution in [1.29, 1.82) is 0 Å². The summed E-state index contributed by atoms with van der Waals surface area (Å²) in [5, 5.41) is 7.72. The predicted octanol–water partition coefficient (Wildman–Crippen LogP) is 4.29. The molecule has 0 spiro atoms. The zero-order valence-corrected chi connectivity index (χ0v) is 19.6. The van der Waals surface area contributed by atoms with Gasteiger partial charge in [-0.1, -0.05) is 66.7 Å². The second kappa shape index (κ2) is 9.10. The first kappa shape index (κ1) is 22.4. The molecule has 7 nitrogen and oxygen atoms in total. The monoisotopic (exact) mass is 466 g/mol. The van der Waals surface area contributed by atoms with E-state index in [0.717, 1.165) is 11.1 Å². The van der Waals surface area contributed by atoms with Crippen LogP contribution >= 0.6 is 0 Å². The third-order valence-electron chi connectivity index (χ3n) is 6.32. The summed E-state index contributed by atoms with van der Waals surface area (Å²) in [4.78, 5) is 29.1. The van der Waals surface area contributed by atoms with Crippen molar-refractivity contribution in [2.75, 3.05) is 12.0 Å². The Morgan fingerprint density at radius 1 is 1.00 bits per heavy atom. The first-order chi connectivity index (χ1) is 17.0. The second-order valence-electron chi connectivity index (χ2n) is 8.72. The van der Waals surface area contributed by atoms with E-state index in [1.807, 2.05) is 78.9 Å². The van der Waals surface area contributed by atoms with Crippen LogP contribution in [-0.2, 0) is 17.9 Å². The van der Waals surface area contributed by atoms with E-state index in [1.165, 1.54) is 0 Å². The summed E-state index contributed by atoms with van der Waals surface area (Å²) in [6.07, 6.45) is 0. The van der Waals surface area contributed by atoms with E-state index >= 15 is 0 Å². The molecule has 0 radical (unpaired) electrons. The van der Waals surface area contributed by atoms with Gasteiger partial charge in [-0.3, -0.25) is 19.2 Å². The van der Waals surface area contributed by atoms with E-state index in [2.05, 4.69) is 5.32 Å². The minimum absolute atomic E-state index is 0.207. The Morgan fingerprint density at radius 2 is 1.71 bits per heavy atom. The summed E-state index contributed by atoms with van der Waals surface area (Å²) >= 11 is 0. The van der Waals surface area contributed by atoms with Crippen LogP contribution < -0.4 is 15.0 Å². The number of aromatic nitrogens is 2. The minimum Gasteiger partial charge on any atom is -0.497 e. The van der Waals surface area contributed by atoms with E-state index in [-0.39, 0.29) is 18.4 Å². The third kappa shape index (κ3) is 4.17. The molecule has 0 saturated carbocycles. The van der Waals surface area contributed by atoms with Gasteiger partial charge in [0.15, 0.2) is 0 Å². The molecule has 3 aromatic carbocycles. The first-order valence-electron chi connectivity index (χ1n) is 11.4. The molecule has 176 valence electrons. The predicted molar refractivity (Wildman–Crippen MR) is 134 cm³/mol. The van der Waals surface area contributed by atoms with Gasteiger partial charge in [-0.15, -0.1) is 0 Å². The Bertz CT molecular complexity index is 1370. The van der Waals surface area contributed by atoms with Crippen molar-refractivity contribution in [2.45, 2.75) is 25.6 Å². The van der Waals surface area contributed by atoms with Gasteiger partial charge in [0.25, 0.3) is 5.91 Å². The Labute approximate surface area is 204 Å². The van der Waals surface area contributed by atoms with Crippen molar-refractivity contribution in [3.05, 3.63) is 102 Å². The van der Waals surface area contributed by atoms with Crippen molar-refractivity contribution in [3.8, 4) is 17.0 Å². The van der Waals surface area contributed by atoms with Gasteiger partial charge in [0.05, 0.1) is 19.3 Å². The molecule has 7 heteroatoms. The molecule has 4 aromatic rings. The number of benzene rings is 3. The number of anilines is 1. The molecule has 0 fully saturated rings. The van der Waals surface area contributed by atoms with Gasteiger partial charge in [-0.2, -0.15) is 5.10 Å². The van der Waals surface area contributed by atoms with Crippen LogP contribution in [0, 0.1) is 0 Å². The van der Waals surface area contributed by atoms with Crippen molar-refractivity contribution in [2.24, 2.45) is 0 Å². The zero-order valence-electron chi connectivity index (χ0n) is 19.6. The van der Waals surface area contributed by atoms with E-state index < -0.39 is 5.54 Å². The van der Waals surface area contributed by atoms with Gasteiger partial charge in [0.2, 0.25) is 5.91 Å². The third-order valence-corrected chi connectivity index (χ3v) is 6.32. The Morgan fingerprint density at radius 3 is 2.43 bits per heavy atom. The summed E-state index contributed by atoms with van der Waals surface area (Å²) in [6, 6.07) is 28.4. The van der Waals surface area contributed by atoms with Crippen LogP contribution in [0.25, 0.3) is 11.3 Å². The molecule has 1 atom stereocenters. The Kier molecular flexibility index (Phi) is 5.82. The van der Waals surface area contributed by atoms with Crippen molar-refractivity contribution in [1.82, 2.24) is 15.1 Å². The summed E-state index contributed by atoms with van der Waals surface area (Å²) < 4.78 is 7.03. The van der Waals surface area contributed by atoms with Crippen LogP contribution in [0.5, 0.6) is 5.75 Å². The fourth-order valence-electron chi connectivity index (χ4n) is 4.45. The maximum absolute atomic E-state index is 13.9. The SMILES string of the molecule is COc1cccc(N2C(=O)c3cc(-c4ccccc4)nn3CC2(C)C(=O)NCc2ccccc2)c1. The molecule has 35 heavy (non-hydrogen) atoms. The van der Waals surface area contributed by atoms with Gasteiger partial charge < -0.3 is 10.1 Å². The Hall–Kier alpha value is -4.39. The van der Waals surface area contributed by atoms with Gasteiger partial charge in [0.1, 0.15) is 17.0 Å². The highest BCUT2D eigenvalue weighted by Gasteiger charge is 2.49. The number of carbonyl (C=O) groups is 2. The van der Waals surface area contributed by atoms with E-state index in [9.17, 15) is 9.59 Å². The van der Waals surface area contributed by atoms with Gasteiger partial charge in [-0.05, 0) is 30.7 Å². The maximum atomic E-state index is 13.9. The highest BCUT2D eigenvalue weighted by molar-refractivity contribution is 6.12. The fraction of sp³-hybridized carbons (Fsp3) is 0.179. The first-order valence-corrected chi connectivity index (χ1v) is 11.4. The number of hydrogen-bond acceptors (Lipinski definition) is 4. The molecule has 2 heterocycles. The summed E-state index contributed by atoms with van der Waals surface area (Å²) in [5.74, 6) is 0.0443. The minimum atomic E-state index is -1.22. The number of methoxy groups -OCH3 is 1. The molecule has 1 aliphatic heterocycles. The average molecular weight is 467 g/mol. The lowest BCUT2D eigenvalue weighted by Crippen LogP contribution is -2.64. The summed E-state index contributed by atoms with van der Waals surface area (Å²) in [6.45, 7) is 2.34. The lowest BCUT2D eigenvalue weighted by Gasteiger charge is -2.43. The standard InChI is InChI=1S/C28H26N4O3/c1-28(27(34)29-18-20-10-5-3-6-11-20)19-31-25(17-24(30-31)21-12-7-4-8-13-21)26(33)32(28)22-14-9-15-23(16-22)35-2/h3-17H,18-19H2,1-2H3,(H,29,34). The van der Waals surface area contributed by atoms with Gasteiger partial charge in [0, 0.05) is 23.9 Å². The fourth-order valence-corrected chi connectivity index (χ4v) is 4.45. The van der Waals surface area contributed by atoms with Crippen molar-refractivity contribution < 1.29 is 14.3 Å². The topological polar surface area (TPSA) is 76.5 Å². The number of fused-ring (bicyclic) bond motifs is 1. The number of rotatable bonds is 6. The largest absolute Gasteiger partial charge is 0.497 e. The molecular formula is C28H26N4O3. The van der Waals surface area contributed by atoms with Crippen molar-refractivity contribution in [3.63, 3.8) is 0 Å². The normalized spacial score (nSPS) is 17.1. The number of hydrogen-bond donors (Lipinski definition) is 1. The average Bonchev–Trinajstić information content (AvgIpc) is 3.32. The van der Waals surface area contributed by atoms with Crippen LogP contribution in [0.15, 0.2) is 91.0 Å². The lowest BCUT2D eigenvalue weighted by atomic mass is 9.93. The summed E-state index contributed by atoms with van der Waals surface area (Å²) in [5.41, 5.74) is 2.37. The smallest absolute Gasteiger partial charge is 0.277 e. The molecule has 1 N–H and O–H groups in total. The Balaban J connectivity index is 1.56. The number of carbonyl (C=O) groups excluding carboxylic acids is 2. The molecule has 1 unspecified atom stereocenters. The van der Waals surface area contributed by atoms with Crippen molar-refractivity contribution >= 4 is 17.5 Å². The van der Waals surface area contributed by atoms with Crippen LogP contribution in [-0.4, -0.2) is 34.2 Å². The molecular weight excluding hydrogens is 440 g/mol. The molecule has 0 bridgehead atoms. The number of nitrogens with zero attached hydrogens (tertiary/aromatic N) is 3. The summed E-state index contributed by atoms with van der Waals surface area (Å²) in [7, 11) is 1.57. The number of ether oxygens (including phenoxy) is 1. The van der Waals surface area contributed by atoms with Gasteiger partial charge >= 0.3 is 0 Å². The molecule has 5 rings (SSSR count). The van der Waals surface area contributed by atoms with Crippen LogP contribution in [0.4, 0.5) is 5.69 Å². The lowest BCUT2D eigenvalue weighted by molar-refractivity contribution is -0.126. The molecule has 1 aromatic heterocycles. The maximum Gasteiger partial charge on any atom is 0.277 e. The van der Waals surface area contributed by atoms with Crippen LogP contribution in [0.3, 0.4) is 0 Å². The van der Waals surface area contributed by atoms with Gasteiger partial charge in [-0.25, -0.2) is 0 Å². The second-order valence-corrected chi connectivity index (χ2v) is 8.72. The van der Waals surface area contributed by atoms with Crippen LogP contribution in [0.2, 0.25) is 0 Å². The molecule has 1 aliphatic rings. The highest BCUT2D eigenvalue weighted by Crippen LogP contribution is 2.35. The van der Waals surface area contributed by atoms with E-state index in [1.54, 1.807) is 35.7 Å². The molecule has 0 aliphatic carbocycles. The van der Waals surface area contributed by atoms with E-state index in [0.29, 0.717) is 29.4 Å². The zero-order chi connectivity index (χ0) is 24.4. The highest BCUT2D eigenvalue weighted by atomic mass is 16.5. The molecule has 0 saturated heterocycles. The molecule has 2 amide bonds. The van der Waals surface area contributed by atoms with Crippen LogP contribution in [0.1, 0.15) is 23.0 Å². The number of nitrogens with one attached hydrogen (secondary N) is 1.